The maximum absolute atomic E-state index is 3.71. The van der Waals surface area contributed by atoms with Gasteiger partial charge in [-0.15, -0.1) is 0 Å². The summed E-state index contributed by atoms with van der Waals surface area (Å²) in [5.41, 5.74) is 2.72. The molecule has 1 nitrogen and oxygen atoms in total. The minimum absolute atomic E-state index is 1.03. The number of hydrogen-bond donors (Lipinski definition) is 0. The van der Waals surface area contributed by atoms with Crippen LogP contribution in [0.3, 0.4) is 0 Å². The molecule has 0 N–H and O–H groups in total. The van der Waals surface area contributed by atoms with E-state index in [9.17, 15) is 0 Å². The molecular formula is C9H9N. The summed E-state index contributed by atoms with van der Waals surface area (Å²) in [5, 5.41) is 0. The second-order valence-electron chi connectivity index (χ2n) is 2.44. The van der Waals surface area contributed by atoms with Crippen molar-refractivity contribution in [2.24, 2.45) is 0 Å². The van der Waals surface area contributed by atoms with E-state index in [-0.39, 0.29) is 0 Å². The first-order chi connectivity index (χ1) is 4.92. The number of nitrogens with zero attached hydrogens (tertiary/aromatic N) is 1. The molecule has 0 amide bonds. The van der Waals surface area contributed by atoms with E-state index in [1.807, 2.05) is 6.20 Å². The molecule has 0 atom stereocenters. The number of benzene rings is 1. The second kappa shape index (κ2) is 1.87. The van der Waals surface area contributed by atoms with E-state index in [1.165, 1.54) is 11.3 Å². The van der Waals surface area contributed by atoms with Gasteiger partial charge < -0.3 is 4.90 Å². The summed E-state index contributed by atoms with van der Waals surface area (Å²) in [5.74, 6) is 0. The first kappa shape index (κ1) is 5.54. The Labute approximate surface area is 60.6 Å². The van der Waals surface area contributed by atoms with Crippen LogP contribution in [-0.4, -0.2) is 0 Å². The zero-order valence-electron chi connectivity index (χ0n) is 5.75. The van der Waals surface area contributed by atoms with Gasteiger partial charge in [-0.25, -0.2) is 0 Å². The van der Waals surface area contributed by atoms with Crippen molar-refractivity contribution in [1.29, 1.82) is 0 Å². The van der Waals surface area contributed by atoms with Crippen LogP contribution in [0.15, 0.2) is 37.0 Å². The van der Waals surface area contributed by atoms with Crippen LogP contribution in [0.4, 0.5) is 5.69 Å². The van der Waals surface area contributed by atoms with Crippen LogP contribution in [0, 0.1) is 0 Å². The molecule has 1 aliphatic heterocycles. The van der Waals surface area contributed by atoms with E-state index in [0.717, 1.165) is 6.54 Å². The highest BCUT2D eigenvalue weighted by Gasteiger charge is 2.17. The normalized spacial score (nSPS) is 13.8. The van der Waals surface area contributed by atoms with Crippen molar-refractivity contribution in [2.75, 3.05) is 4.90 Å². The molecule has 1 aromatic carbocycles. The number of fused-ring (bicyclic) bond motifs is 1. The fourth-order valence-corrected chi connectivity index (χ4v) is 1.27. The molecule has 0 unspecified atom stereocenters. The van der Waals surface area contributed by atoms with Crippen LogP contribution in [-0.2, 0) is 6.54 Å². The van der Waals surface area contributed by atoms with Crippen molar-refractivity contribution in [2.45, 2.75) is 6.54 Å². The topological polar surface area (TPSA) is 3.24 Å². The third-order valence-electron chi connectivity index (χ3n) is 1.86. The van der Waals surface area contributed by atoms with E-state index in [2.05, 4.69) is 35.7 Å². The minimum atomic E-state index is 1.03. The van der Waals surface area contributed by atoms with Gasteiger partial charge in [0.1, 0.15) is 0 Å². The van der Waals surface area contributed by atoms with Crippen molar-refractivity contribution >= 4 is 5.69 Å². The zero-order valence-corrected chi connectivity index (χ0v) is 5.75. The Morgan fingerprint density at radius 1 is 1.40 bits per heavy atom. The van der Waals surface area contributed by atoms with E-state index in [4.69, 9.17) is 0 Å². The number of anilines is 1. The van der Waals surface area contributed by atoms with Gasteiger partial charge in [0.05, 0.1) is 0 Å². The summed E-state index contributed by atoms with van der Waals surface area (Å²) in [6.07, 6.45) is 1.86. The number of para-hydroxylation sites is 1. The molecule has 0 radical (unpaired) electrons. The van der Waals surface area contributed by atoms with Gasteiger partial charge in [0.15, 0.2) is 0 Å². The molecule has 0 saturated carbocycles. The first-order valence-corrected chi connectivity index (χ1v) is 3.39. The van der Waals surface area contributed by atoms with E-state index < -0.39 is 0 Å². The summed E-state index contributed by atoms with van der Waals surface area (Å²) in [6, 6.07) is 8.38. The standard InChI is InChI=1S/C9H9N/c1-2-10-7-8-5-3-4-6-9(8)10/h2-6H,1,7H2. The lowest BCUT2D eigenvalue weighted by Crippen LogP contribution is -2.25. The summed E-state index contributed by atoms with van der Waals surface area (Å²) < 4.78 is 0. The third-order valence-corrected chi connectivity index (χ3v) is 1.86. The third kappa shape index (κ3) is 0.574. The maximum Gasteiger partial charge on any atom is 0.0496 e. The Balaban J connectivity index is 2.42. The molecular weight excluding hydrogens is 122 g/mol. The molecule has 0 spiro atoms. The van der Waals surface area contributed by atoms with Gasteiger partial charge in [-0.05, 0) is 17.8 Å². The molecule has 2 rings (SSSR count). The minimum Gasteiger partial charge on any atom is -0.344 e. The van der Waals surface area contributed by atoms with Crippen LogP contribution in [0.5, 0.6) is 0 Å². The van der Waals surface area contributed by atoms with Crippen LogP contribution in [0.2, 0.25) is 0 Å². The number of hydrogen-bond acceptors (Lipinski definition) is 1. The fourth-order valence-electron chi connectivity index (χ4n) is 1.27. The largest absolute Gasteiger partial charge is 0.344 e. The molecule has 0 saturated heterocycles. The lowest BCUT2D eigenvalue weighted by Gasteiger charge is -2.32. The average molecular weight is 131 g/mol. The molecule has 1 heteroatoms. The van der Waals surface area contributed by atoms with Gasteiger partial charge in [-0.1, -0.05) is 24.8 Å². The zero-order chi connectivity index (χ0) is 6.97. The smallest absolute Gasteiger partial charge is 0.0496 e. The predicted molar refractivity (Wildman–Crippen MR) is 42.8 cm³/mol. The molecule has 10 heavy (non-hydrogen) atoms. The monoisotopic (exact) mass is 131 g/mol. The van der Waals surface area contributed by atoms with Crippen molar-refractivity contribution in [3.63, 3.8) is 0 Å². The van der Waals surface area contributed by atoms with E-state index in [0.29, 0.717) is 0 Å². The van der Waals surface area contributed by atoms with Gasteiger partial charge in [0.2, 0.25) is 0 Å². The van der Waals surface area contributed by atoms with Crippen LogP contribution >= 0.6 is 0 Å². The Hall–Kier alpha value is -1.24. The highest BCUT2D eigenvalue weighted by molar-refractivity contribution is 5.63. The molecule has 1 aromatic rings. The molecule has 0 aliphatic carbocycles. The van der Waals surface area contributed by atoms with Gasteiger partial charge in [-0.2, -0.15) is 0 Å². The summed E-state index contributed by atoms with van der Waals surface area (Å²) >= 11 is 0. The first-order valence-electron chi connectivity index (χ1n) is 3.39. The quantitative estimate of drug-likeness (QED) is 0.564. The van der Waals surface area contributed by atoms with Gasteiger partial charge in [-0.3, -0.25) is 0 Å². The Bertz CT molecular complexity index is 265. The SMILES string of the molecule is C=CN1Cc2ccccc21. The second-order valence-corrected chi connectivity index (χ2v) is 2.44. The lowest BCUT2D eigenvalue weighted by molar-refractivity contribution is 0.879. The van der Waals surface area contributed by atoms with Crippen LogP contribution in [0.1, 0.15) is 5.56 Å². The van der Waals surface area contributed by atoms with E-state index in [1.54, 1.807) is 0 Å². The number of rotatable bonds is 1. The molecule has 0 bridgehead atoms. The summed E-state index contributed by atoms with van der Waals surface area (Å²) in [6.45, 7) is 4.73. The van der Waals surface area contributed by atoms with Gasteiger partial charge >= 0.3 is 0 Å². The molecule has 0 aromatic heterocycles. The van der Waals surface area contributed by atoms with Crippen LogP contribution < -0.4 is 4.90 Å². The van der Waals surface area contributed by atoms with Crippen molar-refractivity contribution in [3.8, 4) is 0 Å². The highest BCUT2D eigenvalue weighted by atomic mass is 15.2. The lowest BCUT2D eigenvalue weighted by atomic mass is 10.1. The molecule has 1 aliphatic rings. The highest BCUT2D eigenvalue weighted by Crippen LogP contribution is 2.31. The van der Waals surface area contributed by atoms with Crippen molar-refractivity contribution in [1.82, 2.24) is 0 Å². The Morgan fingerprint density at radius 3 is 2.90 bits per heavy atom. The molecule has 1 heterocycles. The molecule has 0 fully saturated rings. The fraction of sp³-hybridized carbons (Fsp3) is 0.111. The summed E-state index contributed by atoms with van der Waals surface area (Å²) in [7, 11) is 0. The molecule has 50 valence electrons. The Morgan fingerprint density at radius 2 is 2.20 bits per heavy atom. The Kier molecular flexibility index (Phi) is 1.04. The van der Waals surface area contributed by atoms with Crippen LogP contribution in [0.25, 0.3) is 0 Å². The predicted octanol–water partition coefficient (Wildman–Crippen LogP) is 2.15. The average Bonchev–Trinajstić information content (AvgIpc) is 1.92. The van der Waals surface area contributed by atoms with Crippen molar-refractivity contribution < 1.29 is 0 Å². The summed E-state index contributed by atoms with van der Waals surface area (Å²) in [4.78, 5) is 2.13. The van der Waals surface area contributed by atoms with Gasteiger partial charge in [0.25, 0.3) is 0 Å². The van der Waals surface area contributed by atoms with Gasteiger partial charge in [0, 0.05) is 12.2 Å². The maximum atomic E-state index is 3.71. The van der Waals surface area contributed by atoms with Crippen molar-refractivity contribution in [3.05, 3.63) is 42.6 Å². The van der Waals surface area contributed by atoms with E-state index >= 15 is 0 Å².